The van der Waals surface area contributed by atoms with E-state index in [1.807, 2.05) is 30.3 Å². The molecule has 0 saturated heterocycles. The van der Waals surface area contributed by atoms with E-state index >= 15 is 0 Å². The minimum Gasteiger partial charge on any atom is -0.497 e. The second-order valence-electron chi connectivity index (χ2n) is 4.76. The quantitative estimate of drug-likeness (QED) is 0.702. The van der Waals surface area contributed by atoms with Crippen molar-refractivity contribution in [3.8, 4) is 11.5 Å². The lowest BCUT2D eigenvalue weighted by Gasteiger charge is -2.26. The monoisotopic (exact) mass is 410 g/mol. The Bertz CT molecular complexity index is 713. The van der Waals surface area contributed by atoms with Crippen LogP contribution in [0.3, 0.4) is 0 Å². The van der Waals surface area contributed by atoms with E-state index in [9.17, 15) is 4.79 Å². The minimum atomic E-state index is -0.310. The van der Waals surface area contributed by atoms with Crippen molar-refractivity contribution in [3.63, 3.8) is 0 Å². The maximum atomic E-state index is 12.3. The van der Waals surface area contributed by atoms with Crippen LogP contribution >= 0.6 is 31.9 Å². The first kappa shape index (κ1) is 14.6. The summed E-state index contributed by atoms with van der Waals surface area (Å²) in [6, 6.07) is 11.1. The Balaban J connectivity index is 1.99. The number of hydrogen-bond donors (Lipinski definition) is 0. The van der Waals surface area contributed by atoms with Crippen molar-refractivity contribution in [3.05, 3.63) is 56.5 Å². The van der Waals surface area contributed by atoms with Crippen molar-refractivity contribution in [2.75, 3.05) is 7.11 Å². The van der Waals surface area contributed by atoms with Gasteiger partial charge in [-0.25, -0.2) is 0 Å². The third-order valence-corrected chi connectivity index (χ3v) is 4.65. The highest BCUT2D eigenvalue weighted by Crippen LogP contribution is 2.39. The Morgan fingerprint density at radius 2 is 2.00 bits per heavy atom. The Morgan fingerprint density at radius 3 is 2.76 bits per heavy atom. The largest absolute Gasteiger partial charge is 0.497 e. The summed E-state index contributed by atoms with van der Waals surface area (Å²) in [6.07, 6.45) is 0.00512. The van der Waals surface area contributed by atoms with Gasteiger partial charge in [0.25, 0.3) is 0 Å². The van der Waals surface area contributed by atoms with Gasteiger partial charge in [0.05, 0.1) is 19.1 Å². The van der Waals surface area contributed by atoms with Crippen LogP contribution in [0.25, 0.3) is 0 Å². The molecule has 2 aromatic carbocycles. The maximum absolute atomic E-state index is 12.3. The maximum Gasteiger partial charge on any atom is 0.170 e. The van der Waals surface area contributed by atoms with Crippen LogP contribution in [0.2, 0.25) is 0 Å². The van der Waals surface area contributed by atoms with Gasteiger partial charge in [-0.2, -0.15) is 0 Å². The predicted octanol–water partition coefficient (Wildman–Crippen LogP) is 4.93. The molecule has 1 atom stereocenters. The summed E-state index contributed by atoms with van der Waals surface area (Å²) in [5.41, 5.74) is 1.54. The number of methoxy groups -OCH3 is 1. The average molecular weight is 412 g/mol. The lowest BCUT2D eigenvalue weighted by Crippen LogP contribution is -2.20. The Labute approximate surface area is 139 Å². The zero-order valence-corrected chi connectivity index (χ0v) is 14.4. The molecule has 1 aliphatic rings. The number of ether oxygens (including phenoxy) is 2. The molecule has 0 spiro atoms. The molecule has 0 aromatic heterocycles. The van der Waals surface area contributed by atoms with E-state index < -0.39 is 0 Å². The van der Waals surface area contributed by atoms with E-state index in [2.05, 4.69) is 31.9 Å². The molecule has 0 N–H and O–H groups in total. The molecule has 0 amide bonds. The molecule has 108 valence electrons. The smallest absolute Gasteiger partial charge is 0.170 e. The van der Waals surface area contributed by atoms with Gasteiger partial charge in [-0.15, -0.1) is 0 Å². The first-order valence-corrected chi connectivity index (χ1v) is 8.00. The van der Waals surface area contributed by atoms with Crippen LogP contribution in [0, 0.1) is 0 Å². The topological polar surface area (TPSA) is 35.5 Å². The summed E-state index contributed by atoms with van der Waals surface area (Å²) in [6.45, 7) is 0. The summed E-state index contributed by atoms with van der Waals surface area (Å²) in [5.74, 6) is 1.44. The highest BCUT2D eigenvalue weighted by atomic mass is 79.9. The molecular weight excluding hydrogens is 400 g/mol. The molecule has 21 heavy (non-hydrogen) atoms. The highest BCUT2D eigenvalue weighted by molar-refractivity contribution is 9.10. The van der Waals surface area contributed by atoms with Crippen molar-refractivity contribution in [2.45, 2.75) is 12.5 Å². The second-order valence-corrected chi connectivity index (χ2v) is 6.53. The van der Waals surface area contributed by atoms with Crippen LogP contribution in [0.4, 0.5) is 0 Å². The van der Waals surface area contributed by atoms with E-state index in [0.717, 1.165) is 20.3 Å². The Hall–Kier alpha value is -1.33. The predicted molar refractivity (Wildman–Crippen MR) is 87.2 cm³/mol. The fourth-order valence-electron chi connectivity index (χ4n) is 2.37. The van der Waals surface area contributed by atoms with Crippen molar-refractivity contribution >= 4 is 37.6 Å². The van der Waals surface area contributed by atoms with Crippen molar-refractivity contribution in [2.24, 2.45) is 0 Å². The van der Waals surface area contributed by atoms with E-state index in [0.29, 0.717) is 17.7 Å². The number of halogens is 2. The number of fused-ring (bicyclic) bond motifs is 1. The van der Waals surface area contributed by atoms with Crippen LogP contribution in [0.1, 0.15) is 28.4 Å². The number of rotatable bonds is 2. The molecule has 3 rings (SSSR count). The standard InChI is InChI=1S/C16H12Br2O3/c1-20-10-3-4-13(18)11(7-10)16-8-14(19)12-6-9(17)2-5-15(12)21-16/h2-7,16H,8H2,1H3. The number of Topliss-reactive ketones (excluding diaryl/α,β-unsaturated/α-hetero) is 1. The van der Waals surface area contributed by atoms with Gasteiger partial charge in [0.2, 0.25) is 0 Å². The van der Waals surface area contributed by atoms with E-state index in [1.165, 1.54) is 0 Å². The number of hydrogen-bond acceptors (Lipinski definition) is 3. The molecule has 0 radical (unpaired) electrons. The average Bonchev–Trinajstić information content (AvgIpc) is 2.48. The van der Waals surface area contributed by atoms with Crippen LogP contribution in [-0.4, -0.2) is 12.9 Å². The minimum absolute atomic E-state index is 0.0808. The first-order chi connectivity index (χ1) is 10.1. The van der Waals surface area contributed by atoms with Crippen molar-refractivity contribution in [1.82, 2.24) is 0 Å². The van der Waals surface area contributed by atoms with Gasteiger partial charge in [0.1, 0.15) is 17.6 Å². The lowest BCUT2D eigenvalue weighted by molar-refractivity contribution is 0.0849. The molecule has 1 unspecified atom stereocenters. The van der Waals surface area contributed by atoms with E-state index in [1.54, 1.807) is 13.2 Å². The lowest BCUT2D eigenvalue weighted by atomic mass is 9.96. The second kappa shape index (κ2) is 5.81. The Kier molecular flexibility index (Phi) is 4.04. The van der Waals surface area contributed by atoms with Crippen molar-refractivity contribution in [1.29, 1.82) is 0 Å². The van der Waals surface area contributed by atoms with E-state index in [-0.39, 0.29) is 11.9 Å². The summed E-state index contributed by atoms with van der Waals surface area (Å²) in [5, 5.41) is 0. The van der Waals surface area contributed by atoms with Gasteiger partial charge >= 0.3 is 0 Å². The molecule has 5 heteroatoms. The number of benzene rings is 2. The first-order valence-electron chi connectivity index (χ1n) is 6.41. The van der Waals surface area contributed by atoms with Crippen LogP contribution in [0.5, 0.6) is 11.5 Å². The van der Waals surface area contributed by atoms with Gasteiger partial charge in [-0.05, 0) is 36.4 Å². The van der Waals surface area contributed by atoms with E-state index in [4.69, 9.17) is 9.47 Å². The summed E-state index contributed by atoms with van der Waals surface area (Å²) in [4.78, 5) is 12.3. The van der Waals surface area contributed by atoms with Gasteiger partial charge in [0.15, 0.2) is 5.78 Å². The molecule has 0 aliphatic carbocycles. The van der Waals surface area contributed by atoms with Gasteiger partial charge in [0, 0.05) is 14.5 Å². The highest BCUT2D eigenvalue weighted by Gasteiger charge is 2.29. The number of ketones is 1. The number of carbonyl (C=O) groups excluding carboxylic acids is 1. The zero-order chi connectivity index (χ0) is 15.0. The zero-order valence-electron chi connectivity index (χ0n) is 11.2. The van der Waals surface area contributed by atoms with Crippen LogP contribution in [0.15, 0.2) is 45.3 Å². The van der Waals surface area contributed by atoms with Crippen LogP contribution < -0.4 is 9.47 Å². The summed E-state index contributed by atoms with van der Waals surface area (Å²) < 4.78 is 13.0. The molecule has 0 bridgehead atoms. The SMILES string of the molecule is COc1ccc(Br)c(C2CC(=O)c3cc(Br)ccc3O2)c1. The molecule has 0 fully saturated rings. The molecule has 3 nitrogen and oxygen atoms in total. The third-order valence-electron chi connectivity index (χ3n) is 3.43. The summed E-state index contributed by atoms with van der Waals surface area (Å²) in [7, 11) is 1.62. The van der Waals surface area contributed by atoms with Crippen LogP contribution in [-0.2, 0) is 0 Å². The molecule has 1 heterocycles. The third kappa shape index (κ3) is 2.85. The van der Waals surface area contributed by atoms with Crippen molar-refractivity contribution < 1.29 is 14.3 Å². The molecular formula is C16H12Br2O3. The van der Waals surface area contributed by atoms with Gasteiger partial charge in [-0.1, -0.05) is 31.9 Å². The van der Waals surface area contributed by atoms with Gasteiger partial charge in [-0.3, -0.25) is 4.79 Å². The molecule has 0 saturated carbocycles. The molecule has 2 aromatic rings. The number of carbonyl (C=O) groups is 1. The molecule has 1 aliphatic heterocycles. The normalized spacial score (nSPS) is 17.1. The fraction of sp³-hybridized carbons (Fsp3) is 0.188. The summed E-state index contributed by atoms with van der Waals surface area (Å²) >= 11 is 6.89. The Morgan fingerprint density at radius 1 is 1.19 bits per heavy atom. The fourth-order valence-corrected chi connectivity index (χ4v) is 3.23. The van der Waals surface area contributed by atoms with Gasteiger partial charge < -0.3 is 9.47 Å².